The molecule has 2 aromatic rings. The van der Waals surface area contributed by atoms with Crippen LogP contribution in [0.25, 0.3) is 0 Å². The molecule has 3 rings (SSSR count). The molecule has 158 valence electrons. The van der Waals surface area contributed by atoms with Crippen LogP contribution in [0, 0.1) is 6.92 Å². The lowest BCUT2D eigenvalue weighted by molar-refractivity contribution is -0.137. The molecular formula is C20H25F2N3O3S. The van der Waals surface area contributed by atoms with Crippen molar-refractivity contribution in [1.82, 2.24) is 5.32 Å². The first-order valence-electron chi connectivity index (χ1n) is 9.43. The molecule has 0 aromatic heterocycles. The zero-order chi connectivity index (χ0) is 20.9. The van der Waals surface area contributed by atoms with Crippen molar-refractivity contribution in [2.75, 3.05) is 35.8 Å². The predicted octanol–water partition coefficient (Wildman–Crippen LogP) is 3.33. The second-order valence-corrected chi connectivity index (χ2v) is 8.60. The van der Waals surface area contributed by atoms with Crippen molar-refractivity contribution in [3.63, 3.8) is 0 Å². The lowest BCUT2D eigenvalue weighted by Crippen LogP contribution is -2.28. The van der Waals surface area contributed by atoms with E-state index in [9.17, 15) is 17.2 Å². The molecular weight excluding hydrogens is 400 g/mol. The molecule has 1 fully saturated rings. The lowest BCUT2D eigenvalue weighted by atomic mass is 10.1. The molecule has 0 spiro atoms. The van der Waals surface area contributed by atoms with Gasteiger partial charge in [0.05, 0.1) is 17.2 Å². The summed E-state index contributed by atoms with van der Waals surface area (Å²) >= 11 is 0. The van der Waals surface area contributed by atoms with Gasteiger partial charge in [0, 0.05) is 25.3 Å². The highest BCUT2D eigenvalue weighted by atomic mass is 32.2. The number of nitrogens with one attached hydrogen (secondary N) is 2. The van der Waals surface area contributed by atoms with Crippen LogP contribution in [-0.4, -0.2) is 41.2 Å². The van der Waals surface area contributed by atoms with Crippen molar-refractivity contribution in [2.45, 2.75) is 31.5 Å². The van der Waals surface area contributed by atoms with Crippen LogP contribution in [0.4, 0.5) is 20.2 Å². The Morgan fingerprint density at radius 1 is 1.17 bits per heavy atom. The first-order chi connectivity index (χ1) is 13.8. The molecule has 2 N–H and O–H groups in total. The minimum absolute atomic E-state index is 0.00559. The minimum atomic E-state index is -3.87. The van der Waals surface area contributed by atoms with Crippen molar-refractivity contribution >= 4 is 21.4 Å². The second-order valence-electron chi connectivity index (χ2n) is 6.92. The molecule has 9 heteroatoms. The van der Waals surface area contributed by atoms with Gasteiger partial charge < -0.3 is 15.0 Å². The zero-order valence-electron chi connectivity index (χ0n) is 16.2. The van der Waals surface area contributed by atoms with Crippen LogP contribution in [0.5, 0.6) is 0 Å². The molecule has 0 bridgehead atoms. The Bertz CT molecular complexity index is 930. The van der Waals surface area contributed by atoms with E-state index in [0.29, 0.717) is 11.3 Å². The van der Waals surface area contributed by atoms with Gasteiger partial charge in [0.2, 0.25) is 0 Å². The number of rotatable bonds is 7. The Kier molecular flexibility index (Phi) is 7.05. The summed E-state index contributed by atoms with van der Waals surface area (Å²) < 4.78 is 56.9. The van der Waals surface area contributed by atoms with Gasteiger partial charge in [-0.05, 0) is 55.3 Å². The summed E-state index contributed by atoms with van der Waals surface area (Å²) in [4.78, 5) is 2.24. The molecule has 29 heavy (non-hydrogen) atoms. The molecule has 1 aliphatic heterocycles. The van der Waals surface area contributed by atoms with E-state index < -0.39 is 16.6 Å². The van der Waals surface area contributed by atoms with Gasteiger partial charge in [-0.15, -0.1) is 0 Å². The maximum Gasteiger partial charge on any atom is 0.345 e. The molecule has 1 aliphatic rings. The summed E-state index contributed by atoms with van der Waals surface area (Å²) in [7, 11) is -3.87. The van der Waals surface area contributed by atoms with Crippen LogP contribution in [0.1, 0.15) is 17.5 Å². The maximum absolute atomic E-state index is 12.8. The summed E-state index contributed by atoms with van der Waals surface area (Å²) in [5.41, 5.74) is 2.88. The normalized spacial score (nSPS) is 15.4. The Morgan fingerprint density at radius 2 is 2.00 bits per heavy atom. The quantitative estimate of drug-likeness (QED) is 0.712. The van der Waals surface area contributed by atoms with Crippen LogP contribution in [0.2, 0.25) is 0 Å². The monoisotopic (exact) mass is 425 g/mol. The highest BCUT2D eigenvalue weighted by molar-refractivity contribution is 7.92. The fourth-order valence-electron chi connectivity index (χ4n) is 3.28. The van der Waals surface area contributed by atoms with Gasteiger partial charge in [0.25, 0.3) is 10.0 Å². The van der Waals surface area contributed by atoms with Gasteiger partial charge in [-0.2, -0.15) is 8.78 Å². The first-order valence-corrected chi connectivity index (χ1v) is 10.9. The third-order valence-corrected chi connectivity index (χ3v) is 6.11. The highest BCUT2D eigenvalue weighted by Crippen LogP contribution is 2.27. The Hall–Kier alpha value is -2.23. The van der Waals surface area contributed by atoms with E-state index in [-0.39, 0.29) is 11.5 Å². The molecule has 0 saturated carbocycles. The fraction of sp³-hybridized carbons (Fsp3) is 0.400. The van der Waals surface area contributed by atoms with Gasteiger partial charge in [0.15, 0.2) is 0 Å². The van der Waals surface area contributed by atoms with Crippen molar-refractivity contribution in [3.05, 3.63) is 53.6 Å². The molecule has 1 heterocycles. The summed E-state index contributed by atoms with van der Waals surface area (Å²) in [5.74, 6) is 0. The van der Waals surface area contributed by atoms with Gasteiger partial charge in [-0.25, -0.2) is 8.42 Å². The van der Waals surface area contributed by atoms with E-state index in [1.807, 2.05) is 19.1 Å². The first kappa shape index (κ1) is 21.5. The summed E-state index contributed by atoms with van der Waals surface area (Å²) in [6.07, 6.45) is 1.02. The summed E-state index contributed by atoms with van der Waals surface area (Å²) in [6, 6.07) is 11.2. The molecule has 1 saturated heterocycles. The van der Waals surface area contributed by atoms with Crippen LogP contribution in [0.3, 0.4) is 0 Å². The lowest BCUT2D eigenvalue weighted by Gasteiger charge is -2.25. The van der Waals surface area contributed by atoms with Crippen LogP contribution < -0.4 is 14.9 Å². The molecule has 0 aliphatic carbocycles. The summed E-state index contributed by atoms with van der Waals surface area (Å²) in [5, 5.41) is 3.35. The van der Waals surface area contributed by atoms with Crippen molar-refractivity contribution in [1.29, 1.82) is 0 Å². The van der Waals surface area contributed by atoms with E-state index in [1.54, 1.807) is 12.1 Å². The number of anilines is 2. The van der Waals surface area contributed by atoms with E-state index in [4.69, 9.17) is 0 Å². The van der Waals surface area contributed by atoms with E-state index >= 15 is 0 Å². The van der Waals surface area contributed by atoms with Crippen LogP contribution in [0.15, 0.2) is 47.4 Å². The number of ether oxygens (including phenoxy) is 1. The zero-order valence-corrected chi connectivity index (χ0v) is 17.0. The van der Waals surface area contributed by atoms with E-state index in [1.165, 1.54) is 18.2 Å². The average molecular weight is 426 g/mol. The number of nitrogens with zero attached hydrogens (tertiary/aromatic N) is 1. The van der Waals surface area contributed by atoms with E-state index in [2.05, 4.69) is 19.7 Å². The number of sulfonamides is 1. The Balaban J connectivity index is 1.80. The van der Waals surface area contributed by atoms with Gasteiger partial charge in [-0.1, -0.05) is 18.2 Å². The van der Waals surface area contributed by atoms with E-state index in [0.717, 1.165) is 43.9 Å². The average Bonchev–Trinajstić information content (AvgIpc) is 2.97. The van der Waals surface area contributed by atoms with Crippen LogP contribution in [-0.2, 0) is 21.4 Å². The minimum Gasteiger partial charge on any atom is -0.370 e. The molecule has 6 nitrogen and oxygen atoms in total. The largest absolute Gasteiger partial charge is 0.370 e. The van der Waals surface area contributed by atoms with Gasteiger partial charge in [-0.3, -0.25) is 4.72 Å². The second kappa shape index (κ2) is 9.51. The topological polar surface area (TPSA) is 70.7 Å². The number of alkyl halides is 2. The Labute approximate surface area is 169 Å². The molecule has 0 unspecified atom stereocenters. The number of hydrogen-bond acceptors (Lipinski definition) is 5. The van der Waals surface area contributed by atoms with Crippen LogP contribution >= 0.6 is 0 Å². The van der Waals surface area contributed by atoms with Gasteiger partial charge in [0.1, 0.15) is 0 Å². The fourth-order valence-corrected chi connectivity index (χ4v) is 4.40. The molecule has 0 atom stereocenters. The number of halogens is 2. The number of aryl methyl sites for hydroxylation is 1. The van der Waals surface area contributed by atoms with Gasteiger partial charge >= 0.3 is 6.61 Å². The third kappa shape index (κ3) is 5.88. The van der Waals surface area contributed by atoms with Crippen molar-refractivity contribution in [3.8, 4) is 0 Å². The predicted molar refractivity (Wildman–Crippen MR) is 109 cm³/mol. The smallest absolute Gasteiger partial charge is 0.345 e. The highest BCUT2D eigenvalue weighted by Gasteiger charge is 2.17. The maximum atomic E-state index is 12.8. The summed E-state index contributed by atoms with van der Waals surface area (Å²) in [6.45, 7) is 2.32. The SMILES string of the molecule is Cc1ccc(NS(=O)(=O)c2cccc(COC(F)F)c2)cc1N1CCCNCC1. The molecule has 2 aromatic carbocycles. The molecule has 0 amide bonds. The molecule has 0 radical (unpaired) electrons. The number of hydrogen-bond donors (Lipinski definition) is 2. The third-order valence-electron chi connectivity index (χ3n) is 4.73. The van der Waals surface area contributed by atoms with Crippen molar-refractivity contribution in [2.24, 2.45) is 0 Å². The van der Waals surface area contributed by atoms with Crippen molar-refractivity contribution < 1.29 is 21.9 Å². The number of benzene rings is 2. The Morgan fingerprint density at radius 3 is 2.79 bits per heavy atom. The standard InChI is InChI=1S/C20H25F2N3O3S/c1-15-6-7-17(13-19(15)25-10-3-8-23-9-11-25)24-29(26,27)18-5-2-4-16(12-18)14-28-20(21)22/h2,4-7,12-13,20,23-24H,3,8-11,14H2,1H3.